The number of esters is 1. The molecule has 0 atom stereocenters. The zero-order valence-electron chi connectivity index (χ0n) is 10.2. The Morgan fingerprint density at radius 2 is 1.76 bits per heavy atom. The van der Waals surface area contributed by atoms with Crippen LogP contribution in [0, 0.1) is 17.8 Å². The Labute approximate surface area is 99.5 Å². The summed E-state index contributed by atoms with van der Waals surface area (Å²) in [6, 6.07) is 0. The monoisotopic (exact) mass is 252 g/mol. The van der Waals surface area contributed by atoms with E-state index in [-0.39, 0.29) is 30.6 Å². The lowest BCUT2D eigenvalue weighted by Gasteiger charge is -2.28. The van der Waals surface area contributed by atoms with Crippen LogP contribution < -0.4 is 0 Å². The van der Waals surface area contributed by atoms with Gasteiger partial charge in [-0.1, -0.05) is 13.8 Å². The van der Waals surface area contributed by atoms with Gasteiger partial charge in [0.05, 0.1) is 18.4 Å². The Hall–Kier alpha value is -0.740. The van der Waals surface area contributed by atoms with E-state index in [2.05, 4.69) is 0 Å². The van der Waals surface area contributed by atoms with E-state index >= 15 is 0 Å². The fourth-order valence-corrected chi connectivity index (χ4v) is 2.02. The van der Waals surface area contributed by atoms with Gasteiger partial charge in [-0.3, -0.25) is 4.79 Å². The molecule has 5 heteroatoms. The number of alkyl halides is 3. The first-order valence-corrected chi connectivity index (χ1v) is 6.04. The van der Waals surface area contributed by atoms with E-state index in [1.807, 2.05) is 13.8 Å². The van der Waals surface area contributed by atoms with Gasteiger partial charge in [-0.2, -0.15) is 13.2 Å². The van der Waals surface area contributed by atoms with Crippen molar-refractivity contribution in [3.63, 3.8) is 0 Å². The van der Waals surface area contributed by atoms with Gasteiger partial charge in [-0.25, -0.2) is 0 Å². The van der Waals surface area contributed by atoms with Crippen molar-refractivity contribution in [2.75, 3.05) is 6.61 Å². The molecule has 0 aromatic carbocycles. The Morgan fingerprint density at radius 1 is 1.24 bits per heavy atom. The Kier molecular flexibility index (Phi) is 4.83. The van der Waals surface area contributed by atoms with Crippen LogP contribution in [0.5, 0.6) is 0 Å². The maximum atomic E-state index is 12.4. The molecule has 100 valence electrons. The Bertz CT molecular complexity index is 253. The zero-order valence-corrected chi connectivity index (χ0v) is 10.2. The van der Waals surface area contributed by atoms with Crippen LogP contribution in [0.25, 0.3) is 0 Å². The molecule has 0 aromatic heterocycles. The normalized spacial score (nSPS) is 26.0. The lowest BCUT2D eigenvalue weighted by Crippen LogP contribution is -2.31. The molecule has 17 heavy (non-hydrogen) atoms. The largest absolute Gasteiger partial charge is 0.465 e. The van der Waals surface area contributed by atoms with Gasteiger partial charge in [0, 0.05) is 0 Å². The van der Waals surface area contributed by atoms with Gasteiger partial charge < -0.3 is 4.74 Å². The minimum atomic E-state index is -4.12. The number of hydrogen-bond donors (Lipinski definition) is 0. The van der Waals surface area contributed by atoms with Crippen molar-refractivity contribution in [2.24, 2.45) is 17.8 Å². The predicted molar refractivity (Wildman–Crippen MR) is 57.3 cm³/mol. The summed E-state index contributed by atoms with van der Waals surface area (Å²) in [5, 5.41) is 0. The molecule has 1 aliphatic carbocycles. The van der Waals surface area contributed by atoms with Crippen molar-refractivity contribution >= 4 is 5.97 Å². The Balaban J connectivity index is 2.34. The van der Waals surface area contributed by atoms with Gasteiger partial charge in [0.15, 0.2) is 0 Å². The highest BCUT2D eigenvalue weighted by Crippen LogP contribution is 2.39. The highest BCUT2D eigenvalue weighted by molar-refractivity contribution is 5.72. The maximum absolute atomic E-state index is 12.4. The first-order valence-electron chi connectivity index (χ1n) is 6.04. The van der Waals surface area contributed by atoms with Gasteiger partial charge in [-0.05, 0) is 31.6 Å². The number of carbonyl (C=O) groups is 1. The molecule has 1 aliphatic rings. The van der Waals surface area contributed by atoms with Crippen molar-refractivity contribution in [3.8, 4) is 0 Å². The summed E-state index contributed by atoms with van der Waals surface area (Å²) in [6.07, 6.45) is -3.44. The molecule has 1 rings (SSSR count). The van der Waals surface area contributed by atoms with Crippen molar-refractivity contribution in [1.29, 1.82) is 0 Å². The number of ether oxygens (including phenoxy) is 1. The summed E-state index contributed by atoms with van der Waals surface area (Å²) in [5.74, 6) is -1.66. The van der Waals surface area contributed by atoms with Gasteiger partial charge >= 0.3 is 12.1 Å². The molecule has 2 nitrogen and oxygen atoms in total. The van der Waals surface area contributed by atoms with Crippen molar-refractivity contribution in [1.82, 2.24) is 0 Å². The number of hydrogen-bond acceptors (Lipinski definition) is 2. The number of carbonyl (C=O) groups excluding carboxylic acids is 1. The van der Waals surface area contributed by atoms with Crippen LogP contribution in [0.15, 0.2) is 0 Å². The molecule has 0 aliphatic heterocycles. The molecule has 1 saturated carbocycles. The summed E-state index contributed by atoms with van der Waals surface area (Å²) in [4.78, 5) is 11.6. The number of rotatable bonds is 3. The van der Waals surface area contributed by atoms with Crippen LogP contribution in [0.1, 0.15) is 39.5 Å². The van der Waals surface area contributed by atoms with E-state index in [0.717, 1.165) is 0 Å². The van der Waals surface area contributed by atoms with Gasteiger partial charge in [0.1, 0.15) is 0 Å². The summed E-state index contributed by atoms with van der Waals surface area (Å²) in [5.41, 5.74) is 0. The van der Waals surface area contributed by atoms with Crippen LogP contribution in [0.2, 0.25) is 0 Å². The molecule has 0 saturated heterocycles. The fourth-order valence-electron chi connectivity index (χ4n) is 2.02. The quantitative estimate of drug-likeness (QED) is 0.718. The van der Waals surface area contributed by atoms with Gasteiger partial charge in [0.25, 0.3) is 0 Å². The average molecular weight is 252 g/mol. The van der Waals surface area contributed by atoms with Crippen LogP contribution in [0.4, 0.5) is 13.2 Å². The zero-order chi connectivity index (χ0) is 13.1. The fraction of sp³-hybridized carbons (Fsp3) is 0.917. The number of halogens is 3. The van der Waals surface area contributed by atoms with E-state index in [9.17, 15) is 18.0 Å². The molecule has 0 amide bonds. The second-order valence-corrected chi connectivity index (χ2v) is 5.11. The molecule has 0 N–H and O–H groups in total. The van der Waals surface area contributed by atoms with E-state index in [1.54, 1.807) is 0 Å². The molecule has 0 radical (unpaired) electrons. The molecular formula is C12H19F3O2. The summed E-state index contributed by atoms with van der Waals surface area (Å²) in [6.45, 7) is 4.19. The van der Waals surface area contributed by atoms with Crippen molar-refractivity contribution < 1.29 is 22.7 Å². The molecule has 0 unspecified atom stereocenters. The van der Waals surface area contributed by atoms with E-state index in [0.29, 0.717) is 19.4 Å². The van der Waals surface area contributed by atoms with Crippen LogP contribution in [-0.2, 0) is 9.53 Å². The van der Waals surface area contributed by atoms with Gasteiger partial charge in [-0.15, -0.1) is 0 Å². The summed E-state index contributed by atoms with van der Waals surface area (Å²) in [7, 11) is 0. The van der Waals surface area contributed by atoms with E-state index < -0.39 is 12.1 Å². The molecule has 0 aromatic rings. The molecule has 0 spiro atoms. The predicted octanol–water partition coefficient (Wildman–Crippen LogP) is 3.55. The minimum Gasteiger partial charge on any atom is -0.465 e. The second-order valence-electron chi connectivity index (χ2n) is 5.11. The van der Waals surface area contributed by atoms with E-state index in [1.165, 1.54) is 0 Å². The first-order chi connectivity index (χ1) is 7.80. The highest BCUT2D eigenvalue weighted by Gasteiger charge is 2.42. The molecule has 1 fully saturated rings. The Morgan fingerprint density at radius 3 is 2.18 bits per heavy atom. The SMILES string of the molecule is CC(C)COC(=O)C1CCC(C(F)(F)F)CC1. The average Bonchev–Trinajstić information content (AvgIpc) is 2.25. The van der Waals surface area contributed by atoms with Crippen LogP contribution in [-0.4, -0.2) is 18.8 Å². The second kappa shape index (κ2) is 5.74. The molecule has 0 bridgehead atoms. The third-order valence-electron chi connectivity index (χ3n) is 3.08. The molecule has 0 heterocycles. The lowest BCUT2D eigenvalue weighted by molar-refractivity contribution is -0.186. The summed E-state index contributed by atoms with van der Waals surface area (Å²) >= 11 is 0. The maximum Gasteiger partial charge on any atom is 0.391 e. The van der Waals surface area contributed by atoms with Crippen molar-refractivity contribution in [3.05, 3.63) is 0 Å². The van der Waals surface area contributed by atoms with Crippen molar-refractivity contribution in [2.45, 2.75) is 45.7 Å². The summed E-state index contributed by atoms with van der Waals surface area (Å²) < 4.78 is 42.3. The van der Waals surface area contributed by atoms with E-state index in [4.69, 9.17) is 4.74 Å². The third-order valence-corrected chi connectivity index (χ3v) is 3.08. The third kappa shape index (κ3) is 4.56. The van der Waals surface area contributed by atoms with Crippen LogP contribution in [0.3, 0.4) is 0 Å². The molecular weight excluding hydrogens is 233 g/mol. The minimum absolute atomic E-state index is 0.0466. The lowest BCUT2D eigenvalue weighted by atomic mass is 9.82. The standard InChI is InChI=1S/C12H19F3O2/c1-8(2)7-17-11(16)9-3-5-10(6-4-9)12(13,14)15/h8-10H,3-7H2,1-2H3. The highest BCUT2D eigenvalue weighted by atomic mass is 19.4. The van der Waals surface area contributed by atoms with Crippen LogP contribution >= 0.6 is 0 Å². The van der Waals surface area contributed by atoms with Gasteiger partial charge in [0.2, 0.25) is 0 Å². The topological polar surface area (TPSA) is 26.3 Å². The smallest absolute Gasteiger partial charge is 0.391 e. The first kappa shape index (κ1) is 14.3.